The van der Waals surface area contributed by atoms with Gasteiger partial charge in [0.25, 0.3) is 10.0 Å². The van der Waals surface area contributed by atoms with Crippen molar-refractivity contribution in [3.8, 4) is 17.2 Å². The van der Waals surface area contributed by atoms with E-state index in [0.29, 0.717) is 40.3 Å². The van der Waals surface area contributed by atoms with Gasteiger partial charge in [0.1, 0.15) is 23.8 Å². The molecule has 4 aromatic rings. The summed E-state index contributed by atoms with van der Waals surface area (Å²) in [5.74, 6) is 1.38. The molecular weight excluding hydrogens is 512 g/mol. The molecule has 4 aromatic carbocycles. The van der Waals surface area contributed by atoms with Gasteiger partial charge in [-0.2, -0.15) is 0 Å². The van der Waals surface area contributed by atoms with Gasteiger partial charge in [-0.1, -0.05) is 29.8 Å². The van der Waals surface area contributed by atoms with Crippen molar-refractivity contribution in [3.05, 3.63) is 108 Å². The number of nitrogens with one attached hydrogen (secondary N) is 1. The average Bonchev–Trinajstić information content (AvgIpc) is 2.90. The minimum atomic E-state index is -4.07. The first-order valence-electron chi connectivity index (χ1n) is 11.5. The number of benzene rings is 4. The Morgan fingerprint density at radius 2 is 1.41 bits per heavy atom. The van der Waals surface area contributed by atoms with Crippen LogP contribution in [0, 0.1) is 0 Å². The van der Waals surface area contributed by atoms with Crippen molar-refractivity contribution in [2.75, 3.05) is 22.8 Å². The molecule has 0 radical (unpaired) electrons. The van der Waals surface area contributed by atoms with E-state index in [4.69, 9.17) is 21.1 Å². The van der Waals surface area contributed by atoms with Gasteiger partial charge in [-0.05, 0) is 91.9 Å². The van der Waals surface area contributed by atoms with Crippen LogP contribution in [0.25, 0.3) is 0 Å². The fourth-order valence-corrected chi connectivity index (χ4v) is 5.03. The number of sulfonamides is 1. The number of hydrogen-bond acceptors (Lipinski definition) is 5. The fourth-order valence-electron chi connectivity index (χ4n) is 3.49. The van der Waals surface area contributed by atoms with Gasteiger partial charge in [-0.15, -0.1) is 0 Å². The second-order valence-corrected chi connectivity index (χ2v) is 10.2. The highest BCUT2D eigenvalue weighted by Crippen LogP contribution is 2.27. The number of ether oxygens (including phenoxy) is 2. The number of halogens is 1. The van der Waals surface area contributed by atoms with Crippen LogP contribution in [0.5, 0.6) is 17.2 Å². The van der Waals surface area contributed by atoms with Crippen LogP contribution in [0.4, 0.5) is 11.4 Å². The summed E-state index contributed by atoms with van der Waals surface area (Å²) in [4.78, 5) is 13.0. The second kappa shape index (κ2) is 11.8. The van der Waals surface area contributed by atoms with Crippen LogP contribution in [0.2, 0.25) is 5.02 Å². The molecule has 0 atom stereocenters. The molecule has 0 aliphatic carbocycles. The monoisotopic (exact) mass is 536 g/mol. The van der Waals surface area contributed by atoms with E-state index in [2.05, 4.69) is 5.32 Å². The van der Waals surface area contributed by atoms with Crippen molar-refractivity contribution in [1.29, 1.82) is 0 Å². The zero-order chi connectivity index (χ0) is 26.3. The van der Waals surface area contributed by atoms with E-state index in [1.54, 1.807) is 48.5 Å². The first-order chi connectivity index (χ1) is 17.8. The molecule has 9 heteroatoms. The van der Waals surface area contributed by atoms with E-state index >= 15 is 0 Å². The van der Waals surface area contributed by atoms with Gasteiger partial charge in [0.2, 0.25) is 5.91 Å². The maximum absolute atomic E-state index is 13.5. The van der Waals surface area contributed by atoms with Crippen LogP contribution in [0.3, 0.4) is 0 Å². The van der Waals surface area contributed by atoms with Gasteiger partial charge in [0.15, 0.2) is 0 Å². The largest absolute Gasteiger partial charge is 0.494 e. The lowest BCUT2D eigenvalue weighted by Crippen LogP contribution is -2.38. The van der Waals surface area contributed by atoms with Crippen molar-refractivity contribution in [1.82, 2.24) is 0 Å². The quantitative estimate of drug-likeness (QED) is 0.255. The van der Waals surface area contributed by atoms with Crippen molar-refractivity contribution in [2.24, 2.45) is 0 Å². The van der Waals surface area contributed by atoms with E-state index < -0.39 is 22.5 Å². The summed E-state index contributed by atoms with van der Waals surface area (Å²) in [7, 11) is -4.07. The Morgan fingerprint density at radius 1 is 0.811 bits per heavy atom. The van der Waals surface area contributed by atoms with Crippen LogP contribution in [-0.2, 0) is 14.8 Å². The van der Waals surface area contributed by atoms with Gasteiger partial charge in [-0.25, -0.2) is 8.42 Å². The number of carbonyl (C=O) groups excluding carboxylic acids is 1. The van der Waals surface area contributed by atoms with Gasteiger partial charge < -0.3 is 14.8 Å². The lowest BCUT2D eigenvalue weighted by molar-refractivity contribution is -0.114. The third kappa shape index (κ3) is 6.81. The second-order valence-electron chi connectivity index (χ2n) is 7.88. The summed E-state index contributed by atoms with van der Waals surface area (Å²) in [5.41, 5.74) is 0.820. The van der Waals surface area contributed by atoms with Crippen molar-refractivity contribution in [2.45, 2.75) is 11.8 Å². The SMILES string of the molecule is CCOc1ccc(N(CC(=O)Nc2ccc(Oc3ccccc3)cc2)S(=O)(=O)c2ccc(Cl)cc2)cc1. The molecule has 7 nitrogen and oxygen atoms in total. The van der Waals surface area contributed by atoms with Crippen LogP contribution >= 0.6 is 11.6 Å². The molecule has 0 bridgehead atoms. The Hall–Kier alpha value is -4.01. The highest BCUT2D eigenvalue weighted by molar-refractivity contribution is 7.92. The predicted molar refractivity (Wildman–Crippen MR) is 145 cm³/mol. The maximum atomic E-state index is 13.5. The Balaban J connectivity index is 1.53. The Kier molecular flexibility index (Phi) is 8.32. The van der Waals surface area contributed by atoms with Crippen LogP contribution in [-0.4, -0.2) is 27.5 Å². The average molecular weight is 537 g/mol. The Labute approximate surface area is 221 Å². The predicted octanol–water partition coefficient (Wildman–Crippen LogP) is 6.37. The van der Waals surface area contributed by atoms with Gasteiger partial charge in [0.05, 0.1) is 17.2 Å². The van der Waals surface area contributed by atoms with E-state index in [9.17, 15) is 13.2 Å². The molecule has 0 heterocycles. The van der Waals surface area contributed by atoms with Gasteiger partial charge in [0, 0.05) is 10.7 Å². The lowest BCUT2D eigenvalue weighted by atomic mass is 10.3. The minimum Gasteiger partial charge on any atom is -0.494 e. The highest BCUT2D eigenvalue weighted by atomic mass is 35.5. The first kappa shape index (κ1) is 26.1. The topological polar surface area (TPSA) is 84.9 Å². The molecule has 1 N–H and O–H groups in total. The lowest BCUT2D eigenvalue weighted by Gasteiger charge is -2.24. The zero-order valence-electron chi connectivity index (χ0n) is 20.0. The number of amides is 1. The number of hydrogen-bond donors (Lipinski definition) is 1. The van der Waals surface area contributed by atoms with E-state index in [0.717, 1.165) is 4.31 Å². The first-order valence-corrected chi connectivity index (χ1v) is 13.3. The van der Waals surface area contributed by atoms with Crippen molar-refractivity contribution in [3.63, 3.8) is 0 Å². The smallest absolute Gasteiger partial charge is 0.264 e. The molecule has 190 valence electrons. The number of para-hydroxylation sites is 1. The molecule has 4 rings (SSSR count). The number of carbonyl (C=O) groups is 1. The summed E-state index contributed by atoms with van der Waals surface area (Å²) in [6.07, 6.45) is 0. The summed E-state index contributed by atoms with van der Waals surface area (Å²) in [6.45, 7) is 1.89. The molecule has 0 fully saturated rings. The highest BCUT2D eigenvalue weighted by Gasteiger charge is 2.27. The zero-order valence-corrected chi connectivity index (χ0v) is 21.6. The molecule has 1 amide bonds. The third-order valence-electron chi connectivity index (χ3n) is 5.24. The molecule has 0 aliphatic rings. The van der Waals surface area contributed by atoms with Gasteiger partial charge in [-0.3, -0.25) is 9.10 Å². The summed E-state index contributed by atoms with van der Waals surface area (Å²) < 4.78 is 39.3. The van der Waals surface area contributed by atoms with Crippen molar-refractivity contribution < 1.29 is 22.7 Å². The maximum Gasteiger partial charge on any atom is 0.264 e. The van der Waals surface area contributed by atoms with E-state index in [1.807, 2.05) is 37.3 Å². The van der Waals surface area contributed by atoms with Crippen LogP contribution in [0.1, 0.15) is 6.92 Å². The van der Waals surface area contributed by atoms with Crippen LogP contribution < -0.4 is 19.1 Å². The molecule has 0 aromatic heterocycles. The summed E-state index contributed by atoms with van der Waals surface area (Å²) in [6, 6.07) is 28.4. The number of rotatable bonds is 10. The number of anilines is 2. The van der Waals surface area contributed by atoms with E-state index in [-0.39, 0.29) is 4.90 Å². The third-order valence-corrected chi connectivity index (χ3v) is 7.28. The number of nitrogens with zero attached hydrogens (tertiary/aromatic N) is 1. The Bertz CT molecular complexity index is 1430. The molecule has 0 unspecified atom stereocenters. The summed E-state index contributed by atoms with van der Waals surface area (Å²) in [5, 5.41) is 3.16. The van der Waals surface area contributed by atoms with E-state index in [1.165, 1.54) is 24.3 Å². The molecule has 0 aliphatic heterocycles. The Morgan fingerprint density at radius 3 is 2.03 bits per heavy atom. The van der Waals surface area contributed by atoms with Crippen LogP contribution in [0.15, 0.2) is 108 Å². The summed E-state index contributed by atoms with van der Waals surface area (Å²) >= 11 is 5.94. The minimum absolute atomic E-state index is 0.0148. The van der Waals surface area contributed by atoms with Crippen molar-refractivity contribution >= 4 is 38.9 Å². The molecule has 37 heavy (non-hydrogen) atoms. The normalized spacial score (nSPS) is 11.0. The van der Waals surface area contributed by atoms with Gasteiger partial charge >= 0.3 is 0 Å². The molecule has 0 saturated carbocycles. The fraction of sp³-hybridized carbons (Fsp3) is 0.107. The molecular formula is C28H25ClN2O5S. The standard InChI is InChI=1S/C28H25ClN2O5S/c1-2-35-24-16-12-23(13-17-24)31(37(33,34)27-18-8-21(29)9-19-27)20-28(32)30-22-10-14-26(15-11-22)36-25-6-4-3-5-7-25/h3-19H,2,20H2,1H3,(H,30,32). The molecule has 0 saturated heterocycles. The molecule has 0 spiro atoms.